The Morgan fingerprint density at radius 1 is 1.04 bits per heavy atom. The van der Waals surface area contributed by atoms with Crippen LogP contribution in [-0.4, -0.2) is 44.2 Å². The molecule has 1 saturated heterocycles. The molecule has 2 aromatic carbocycles. The zero-order valence-electron chi connectivity index (χ0n) is 15.4. The molecular weight excluding hydrogens is 398 g/mol. The van der Waals surface area contributed by atoms with Crippen LogP contribution in [0.5, 0.6) is 0 Å². The highest BCUT2D eigenvalue weighted by Gasteiger charge is 2.36. The number of carbonyl (C=O) groups is 1. The third-order valence-electron chi connectivity index (χ3n) is 5.54. The van der Waals surface area contributed by atoms with Crippen molar-refractivity contribution in [1.29, 1.82) is 0 Å². The van der Waals surface area contributed by atoms with Gasteiger partial charge in [0.05, 0.1) is 17.6 Å². The quantitative estimate of drug-likeness (QED) is 0.750. The summed E-state index contributed by atoms with van der Waals surface area (Å²) in [6.45, 7) is 0.958. The van der Waals surface area contributed by atoms with E-state index in [1.165, 1.54) is 0 Å². The summed E-state index contributed by atoms with van der Waals surface area (Å²) in [6, 6.07) is 15.0. The lowest BCUT2D eigenvalue weighted by Crippen LogP contribution is -2.44. The Bertz CT molecular complexity index is 991. The highest BCUT2D eigenvalue weighted by molar-refractivity contribution is 7.91. The summed E-state index contributed by atoms with van der Waals surface area (Å²) in [5.74, 6) is -0.206. The van der Waals surface area contributed by atoms with Crippen LogP contribution in [0.2, 0.25) is 5.02 Å². The summed E-state index contributed by atoms with van der Waals surface area (Å²) in [7, 11) is -3.40. The highest BCUT2D eigenvalue weighted by atomic mass is 35.5. The topological polar surface area (TPSA) is 63.7 Å². The number of sulfone groups is 1. The molecule has 5 nitrogen and oxygen atoms in total. The van der Waals surface area contributed by atoms with Crippen LogP contribution in [0.3, 0.4) is 0 Å². The van der Waals surface area contributed by atoms with Crippen LogP contribution in [0.4, 0.5) is 0 Å². The van der Waals surface area contributed by atoms with Gasteiger partial charge in [-0.05, 0) is 29.2 Å². The van der Waals surface area contributed by atoms with E-state index < -0.39 is 21.2 Å². The molecule has 28 heavy (non-hydrogen) atoms. The second-order valence-corrected chi connectivity index (χ2v) is 9.97. The summed E-state index contributed by atoms with van der Waals surface area (Å²) in [5.41, 5.74) is 2.83. The van der Waals surface area contributed by atoms with E-state index in [9.17, 15) is 13.2 Å². The van der Waals surface area contributed by atoms with Gasteiger partial charge >= 0.3 is 0 Å². The molecule has 1 fully saturated rings. The summed E-state index contributed by atoms with van der Waals surface area (Å²) in [6.07, 6.45) is 0.294. The van der Waals surface area contributed by atoms with Gasteiger partial charge in [-0.1, -0.05) is 54.1 Å². The molecule has 0 radical (unpaired) electrons. The van der Waals surface area contributed by atoms with Crippen molar-refractivity contribution < 1.29 is 17.9 Å². The molecule has 2 heterocycles. The van der Waals surface area contributed by atoms with Crippen molar-refractivity contribution in [3.63, 3.8) is 0 Å². The fourth-order valence-corrected chi connectivity index (χ4v) is 6.11. The van der Waals surface area contributed by atoms with Crippen molar-refractivity contribution in [3.05, 3.63) is 70.2 Å². The maximum atomic E-state index is 13.0. The Balaban J connectivity index is 1.51. The van der Waals surface area contributed by atoms with Gasteiger partial charge in [0.15, 0.2) is 9.84 Å². The Morgan fingerprint density at radius 2 is 1.75 bits per heavy atom. The zero-order chi connectivity index (χ0) is 19.7. The van der Waals surface area contributed by atoms with Crippen molar-refractivity contribution in [2.45, 2.75) is 30.8 Å². The van der Waals surface area contributed by atoms with E-state index in [1.54, 1.807) is 29.2 Å². The number of rotatable bonds is 2. The van der Waals surface area contributed by atoms with Crippen LogP contribution in [0.1, 0.15) is 28.4 Å². The minimum Gasteiger partial charge on any atom is -0.363 e. The van der Waals surface area contributed by atoms with Gasteiger partial charge in [0.2, 0.25) is 0 Å². The van der Waals surface area contributed by atoms with E-state index in [0.29, 0.717) is 36.6 Å². The molecule has 0 spiro atoms. The number of nitrogens with zero attached hydrogens (tertiary/aromatic N) is 1. The first kappa shape index (κ1) is 19.4. The van der Waals surface area contributed by atoms with Crippen LogP contribution < -0.4 is 0 Å². The summed E-state index contributed by atoms with van der Waals surface area (Å²) in [5, 5.41) is -0.241. The van der Waals surface area contributed by atoms with Crippen molar-refractivity contribution in [2.75, 3.05) is 18.8 Å². The molecule has 1 amide bonds. The fraction of sp³-hybridized carbons (Fsp3) is 0.381. The van der Waals surface area contributed by atoms with Crippen LogP contribution in [0.15, 0.2) is 48.5 Å². The molecule has 0 unspecified atom stereocenters. The van der Waals surface area contributed by atoms with Gasteiger partial charge in [-0.2, -0.15) is 0 Å². The van der Waals surface area contributed by atoms with Gasteiger partial charge in [-0.3, -0.25) is 4.79 Å². The van der Waals surface area contributed by atoms with E-state index >= 15 is 0 Å². The number of halogens is 1. The predicted molar refractivity (Wildman–Crippen MR) is 108 cm³/mol. The van der Waals surface area contributed by atoms with Gasteiger partial charge in [0.1, 0.15) is 6.10 Å². The molecule has 7 heteroatoms. The molecular formula is C21H22ClNO4S. The molecule has 0 aromatic heterocycles. The number of carbonyl (C=O) groups excluding carboxylic acids is 1. The number of amides is 1. The van der Waals surface area contributed by atoms with Gasteiger partial charge in [-0.25, -0.2) is 8.42 Å². The number of hydrogen-bond acceptors (Lipinski definition) is 4. The largest absolute Gasteiger partial charge is 0.363 e. The van der Waals surface area contributed by atoms with Gasteiger partial charge < -0.3 is 9.64 Å². The van der Waals surface area contributed by atoms with Crippen LogP contribution >= 0.6 is 11.6 Å². The van der Waals surface area contributed by atoms with Crippen molar-refractivity contribution in [3.8, 4) is 0 Å². The number of benzene rings is 2. The average molecular weight is 420 g/mol. The summed E-state index contributed by atoms with van der Waals surface area (Å²) in [4.78, 5) is 14.6. The molecule has 2 aliphatic rings. The second-order valence-electron chi connectivity index (χ2n) is 7.26. The first-order valence-corrected chi connectivity index (χ1v) is 11.5. The maximum Gasteiger partial charge on any atom is 0.252 e. The third kappa shape index (κ3) is 3.81. The lowest BCUT2D eigenvalue weighted by atomic mass is 9.98. The van der Waals surface area contributed by atoms with Crippen molar-refractivity contribution in [2.24, 2.45) is 0 Å². The SMILES string of the molecule is O=C([C@@H]1Cc2ccccc2CO1)N1CC[C@H](c2ccccc2Cl)S(=O)(=O)CC1. The minimum absolute atomic E-state index is 0.0715. The molecule has 2 atom stereocenters. The lowest BCUT2D eigenvalue weighted by molar-refractivity contribution is -0.145. The van der Waals surface area contributed by atoms with E-state index in [4.69, 9.17) is 16.3 Å². The molecule has 2 aromatic rings. The lowest BCUT2D eigenvalue weighted by Gasteiger charge is -2.29. The van der Waals surface area contributed by atoms with Crippen LogP contribution in [0, 0.1) is 0 Å². The monoisotopic (exact) mass is 419 g/mol. The number of hydrogen-bond donors (Lipinski definition) is 0. The summed E-state index contributed by atoms with van der Waals surface area (Å²) < 4.78 is 31.5. The van der Waals surface area contributed by atoms with Crippen molar-refractivity contribution >= 4 is 27.3 Å². The Hall–Kier alpha value is -1.89. The standard InChI is InChI=1S/C21H22ClNO4S/c22-18-8-4-3-7-17(18)20-9-10-23(11-12-28(20,25)26)21(24)19-13-15-5-1-2-6-16(15)14-27-19/h1-8,19-20H,9-14H2/t19-,20+/m0/s1. The van der Waals surface area contributed by atoms with Gasteiger partial charge in [0.25, 0.3) is 5.91 Å². The zero-order valence-corrected chi connectivity index (χ0v) is 17.0. The van der Waals surface area contributed by atoms with Crippen LogP contribution in [0.25, 0.3) is 0 Å². The molecule has 0 aliphatic carbocycles. The number of ether oxygens (including phenoxy) is 1. The Kier molecular flexibility index (Phi) is 5.45. The van der Waals surface area contributed by atoms with E-state index in [-0.39, 0.29) is 18.2 Å². The smallest absolute Gasteiger partial charge is 0.252 e. The van der Waals surface area contributed by atoms with Gasteiger partial charge in [0, 0.05) is 24.5 Å². The molecule has 4 rings (SSSR count). The molecule has 2 aliphatic heterocycles. The first-order chi connectivity index (χ1) is 13.5. The highest BCUT2D eigenvalue weighted by Crippen LogP contribution is 2.34. The molecule has 0 bridgehead atoms. The van der Waals surface area contributed by atoms with E-state index in [2.05, 4.69) is 0 Å². The molecule has 0 saturated carbocycles. The van der Waals surface area contributed by atoms with Crippen LogP contribution in [-0.2, 0) is 32.4 Å². The average Bonchev–Trinajstić information content (AvgIpc) is 2.85. The van der Waals surface area contributed by atoms with E-state index in [1.807, 2.05) is 24.3 Å². The fourth-order valence-electron chi connectivity index (χ4n) is 3.96. The minimum atomic E-state index is -3.40. The van der Waals surface area contributed by atoms with E-state index in [0.717, 1.165) is 11.1 Å². The Labute approximate surface area is 170 Å². The predicted octanol–water partition coefficient (Wildman–Crippen LogP) is 3.17. The van der Waals surface area contributed by atoms with Crippen molar-refractivity contribution in [1.82, 2.24) is 4.90 Å². The van der Waals surface area contributed by atoms with Gasteiger partial charge in [-0.15, -0.1) is 0 Å². The normalized spacial score (nSPS) is 24.2. The number of fused-ring (bicyclic) bond motifs is 1. The maximum absolute atomic E-state index is 13.0. The Morgan fingerprint density at radius 3 is 2.54 bits per heavy atom. The summed E-state index contributed by atoms with van der Waals surface area (Å²) >= 11 is 6.24. The first-order valence-electron chi connectivity index (χ1n) is 9.39. The third-order valence-corrected chi connectivity index (χ3v) is 8.00. The molecule has 148 valence electrons. The second kappa shape index (κ2) is 7.85. The molecule has 0 N–H and O–H groups in total.